The minimum Gasteiger partial charge on any atom is -0.464 e. The Bertz CT molecular complexity index is 1530. The summed E-state index contributed by atoms with van der Waals surface area (Å²) in [5.41, 5.74) is 0.234. The van der Waals surface area contributed by atoms with E-state index in [1.165, 1.54) is 10.7 Å². The van der Waals surface area contributed by atoms with Gasteiger partial charge in [-0.1, -0.05) is 36.4 Å². The molecule has 2 aromatic carbocycles. The number of tetrazole rings is 1. The molecule has 1 fully saturated rings. The van der Waals surface area contributed by atoms with Crippen LogP contribution < -0.4 is 10.3 Å². The van der Waals surface area contributed by atoms with Crippen molar-refractivity contribution < 1.29 is 23.5 Å². The quantitative estimate of drug-likeness (QED) is 0.253. The Morgan fingerprint density at radius 2 is 1.92 bits per heavy atom. The summed E-state index contributed by atoms with van der Waals surface area (Å²) >= 11 is 0. The zero-order valence-electron chi connectivity index (χ0n) is 21.1. The average Bonchev–Trinajstić information content (AvgIpc) is 3.43. The van der Waals surface area contributed by atoms with Gasteiger partial charge < -0.3 is 18.8 Å². The Morgan fingerprint density at radius 3 is 2.63 bits per heavy atom. The maximum atomic E-state index is 13.9. The third-order valence-electron chi connectivity index (χ3n) is 6.78. The van der Waals surface area contributed by atoms with Crippen LogP contribution in [0.3, 0.4) is 0 Å². The van der Waals surface area contributed by atoms with Gasteiger partial charge in [-0.2, -0.15) is 0 Å². The highest BCUT2D eigenvalue weighted by Crippen LogP contribution is 2.37. The number of carbonyl (C=O) groups excluding carboxylic acids is 2. The van der Waals surface area contributed by atoms with Gasteiger partial charge in [0.05, 0.1) is 25.2 Å². The summed E-state index contributed by atoms with van der Waals surface area (Å²) in [6, 6.07) is 14.1. The molecule has 11 heteroatoms. The zero-order valence-corrected chi connectivity index (χ0v) is 21.1. The van der Waals surface area contributed by atoms with Crippen LogP contribution in [0.1, 0.15) is 34.2 Å². The van der Waals surface area contributed by atoms with Crippen molar-refractivity contribution >= 4 is 29.1 Å². The van der Waals surface area contributed by atoms with Crippen molar-refractivity contribution in [3.05, 3.63) is 81.3 Å². The molecule has 1 aliphatic rings. The molecule has 0 saturated carbocycles. The molecule has 1 unspecified atom stereocenters. The monoisotopic (exact) mass is 517 g/mol. The van der Waals surface area contributed by atoms with E-state index >= 15 is 0 Å². The van der Waals surface area contributed by atoms with Crippen molar-refractivity contribution in [2.24, 2.45) is 0 Å². The molecule has 1 saturated heterocycles. The Kier molecular flexibility index (Phi) is 7.01. The van der Waals surface area contributed by atoms with E-state index in [-0.39, 0.29) is 24.3 Å². The molecular formula is C27H27N5O6. The second-order valence-corrected chi connectivity index (χ2v) is 8.97. The highest BCUT2D eigenvalue weighted by atomic mass is 16.5. The number of hydrogen-bond acceptors (Lipinski definition) is 10. The van der Waals surface area contributed by atoms with Crippen molar-refractivity contribution in [1.82, 2.24) is 20.2 Å². The first-order chi connectivity index (χ1) is 18.5. The first-order valence-electron chi connectivity index (χ1n) is 12.4. The van der Waals surface area contributed by atoms with Crippen LogP contribution in [0.2, 0.25) is 0 Å². The fraction of sp³-hybridized carbons (Fsp3) is 0.333. The Labute approximate surface area is 217 Å². The summed E-state index contributed by atoms with van der Waals surface area (Å²) in [6.07, 6.45) is 0.574. The fourth-order valence-corrected chi connectivity index (χ4v) is 4.96. The van der Waals surface area contributed by atoms with Crippen LogP contribution in [-0.4, -0.2) is 65.4 Å². The Morgan fingerprint density at radius 1 is 1.16 bits per heavy atom. The number of aldehydes is 1. The lowest BCUT2D eigenvalue weighted by molar-refractivity contribution is -0.152. The first-order valence-corrected chi connectivity index (χ1v) is 12.4. The number of ether oxygens (including phenoxy) is 2. The number of nitrogens with zero attached hydrogens (tertiary/aromatic N) is 5. The molecule has 0 bridgehead atoms. The van der Waals surface area contributed by atoms with Gasteiger partial charge in [0.1, 0.15) is 5.58 Å². The van der Waals surface area contributed by atoms with Crippen LogP contribution in [0.15, 0.2) is 57.7 Å². The smallest absolute Gasteiger partial charge is 0.339 e. The lowest BCUT2D eigenvalue weighted by Gasteiger charge is -2.33. The minimum atomic E-state index is -1.66. The second kappa shape index (κ2) is 10.5. The van der Waals surface area contributed by atoms with Gasteiger partial charge in [0.25, 0.3) is 0 Å². The molecule has 0 N–H and O–H groups in total. The number of fused-ring (bicyclic) bond motifs is 1. The molecule has 0 amide bonds. The molecule has 2 aromatic heterocycles. The van der Waals surface area contributed by atoms with E-state index in [0.29, 0.717) is 60.6 Å². The van der Waals surface area contributed by atoms with Gasteiger partial charge in [-0.25, -0.2) is 9.48 Å². The molecular weight excluding hydrogens is 490 g/mol. The lowest BCUT2D eigenvalue weighted by Crippen LogP contribution is -2.48. The van der Waals surface area contributed by atoms with Crippen LogP contribution in [0.4, 0.5) is 5.88 Å². The van der Waals surface area contributed by atoms with Crippen LogP contribution in [0, 0.1) is 6.92 Å². The summed E-state index contributed by atoms with van der Waals surface area (Å²) in [5.74, 6) is -0.364. The summed E-state index contributed by atoms with van der Waals surface area (Å²) in [6.45, 7) is 5.79. The lowest BCUT2D eigenvalue weighted by atomic mass is 9.80. The van der Waals surface area contributed by atoms with Crippen LogP contribution in [-0.2, 0) is 26.2 Å². The van der Waals surface area contributed by atoms with Gasteiger partial charge >= 0.3 is 5.97 Å². The molecule has 0 aliphatic carbocycles. The Hall–Kier alpha value is -4.38. The Balaban J connectivity index is 1.80. The second-order valence-electron chi connectivity index (χ2n) is 8.97. The molecule has 4 aromatic rings. The number of carbonyl (C=O) groups is 2. The predicted octanol–water partition coefficient (Wildman–Crippen LogP) is 2.29. The number of rotatable bonds is 8. The fourth-order valence-electron chi connectivity index (χ4n) is 4.96. The SMILES string of the molecule is CCOC(=O)C(Cc1ccccc1)(c1ccc2c(=O)cc(N3CCOCC3)oc2c1C)n1nnnc1C=O. The van der Waals surface area contributed by atoms with Crippen LogP contribution in [0.25, 0.3) is 11.0 Å². The molecule has 0 spiro atoms. The molecule has 38 heavy (non-hydrogen) atoms. The standard InChI is InChI=1S/C27H27N5O6/c1-3-37-26(35)27(16-19-7-5-4-6-8-19,32-23(17-33)28-29-30-32)21-10-9-20-22(34)15-24(38-25(20)18(21)2)31-11-13-36-14-12-31/h4-10,15,17H,3,11-14,16H2,1-2H3. The van der Waals surface area contributed by atoms with E-state index in [2.05, 4.69) is 15.5 Å². The van der Waals surface area contributed by atoms with Crippen molar-refractivity contribution in [1.29, 1.82) is 0 Å². The average molecular weight is 518 g/mol. The van der Waals surface area contributed by atoms with Crippen molar-refractivity contribution in [3.63, 3.8) is 0 Å². The van der Waals surface area contributed by atoms with E-state index in [1.54, 1.807) is 26.0 Å². The third kappa shape index (κ3) is 4.34. The topological polar surface area (TPSA) is 130 Å². The number of anilines is 1. The molecule has 1 atom stereocenters. The first kappa shape index (κ1) is 25.3. The maximum Gasteiger partial charge on any atom is 0.339 e. The minimum absolute atomic E-state index is 0.0816. The third-order valence-corrected chi connectivity index (χ3v) is 6.78. The predicted molar refractivity (Wildman–Crippen MR) is 137 cm³/mol. The number of aryl methyl sites for hydroxylation is 1. The van der Waals surface area contributed by atoms with Crippen molar-refractivity contribution in [2.75, 3.05) is 37.8 Å². The van der Waals surface area contributed by atoms with Gasteiger partial charge in [-0.05, 0) is 47.0 Å². The molecule has 11 nitrogen and oxygen atoms in total. The number of morpholine rings is 1. The highest BCUT2D eigenvalue weighted by Gasteiger charge is 2.48. The molecule has 196 valence electrons. The summed E-state index contributed by atoms with van der Waals surface area (Å²) in [7, 11) is 0. The van der Waals surface area contributed by atoms with Crippen molar-refractivity contribution in [3.8, 4) is 0 Å². The van der Waals surface area contributed by atoms with Gasteiger partial charge in [0, 0.05) is 25.6 Å². The van der Waals surface area contributed by atoms with Gasteiger partial charge in [-0.3, -0.25) is 9.59 Å². The van der Waals surface area contributed by atoms with Gasteiger partial charge in [-0.15, -0.1) is 5.10 Å². The largest absolute Gasteiger partial charge is 0.464 e. The van der Waals surface area contributed by atoms with E-state index in [4.69, 9.17) is 13.9 Å². The summed E-state index contributed by atoms with van der Waals surface area (Å²) in [5, 5.41) is 12.0. The number of hydrogen-bond donors (Lipinski definition) is 0. The summed E-state index contributed by atoms with van der Waals surface area (Å²) < 4.78 is 18.5. The highest BCUT2D eigenvalue weighted by molar-refractivity contribution is 5.89. The zero-order chi connectivity index (χ0) is 26.7. The van der Waals surface area contributed by atoms with Crippen LogP contribution in [0.5, 0.6) is 0 Å². The molecule has 0 radical (unpaired) electrons. The summed E-state index contributed by atoms with van der Waals surface area (Å²) in [4.78, 5) is 41.0. The maximum absolute atomic E-state index is 13.9. The van der Waals surface area contributed by atoms with Gasteiger partial charge in [0.2, 0.25) is 5.82 Å². The van der Waals surface area contributed by atoms with E-state index in [1.807, 2.05) is 35.2 Å². The van der Waals surface area contributed by atoms with E-state index in [9.17, 15) is 14.4 Å². The normalized spacial score (nSPS) is 15.3. The van der Waals surface area contributed by atoms with E-state index in [0.717, 1.165) is 5.56 Å². The molecule has 5 rings (SSSR count). The molecule has 1 aliphatic heterocycles. The number of benzene rings is 2. The number of esters is 1. The molecule has 3 heterocycles. The number of aromatic nitrogens is 4. The van der Waals surface area contributed by atoms with Crippen LogP contribution >= 0.6 is 0 Å². The van der Waals surface area contributed by atoms with Crippen molar-refractivity contribution in [2.45, 2.75) is 25.8 Å². The van der Waals surface area contributed by atoms with E-state index < -0.39 is 11.5 Å². The van der Waals surface area contributed by atoms with Gasteiger partial charge in [0.15, 0.2) is 23.1 Å².